The highest BCUT2D eigenvalue weighted by Gasteiger charge is 2.29. The number of alkyl halides is 3. The summed E-state index contributed by atoms with van der Waals surface area (Å²) in [6.45, 7) is 3.68. The number of hydrogen-bond donors (Lipinski definition) is 2. The van der Waals surface area contributed by atoms with Gasteiger partial charge in [0.1, 0.15) is 0 Å². The van der Waals surface area contributed by atoms with Crippen molar-refractivity contribution in [2.45, 2.75) is 25.6 Å². The molecular weight excluding hydrogens is 253 g/mol. The average Bonchev–Trinajstić information content (AvgIpc) is 2.39. The van der Waals surface area contributed by atoms with Gasteiger partial charge >= 0.3 is 6.18 Å². The van der Waals surface area contributed by atoms with E-state index < -0.39 is 11.7 Å². The first-order valence-corrected chi connectivity index (χ1v) is 6.63. The van der Waals surface area contributed by atoms with Gasteiger partial charge in [0.15, 0.2) is 0 Å². The summed E-state index contributed by atoms with van der Waals surface area (Å²) in [5, 5.41) is 6.63. The predicted octanol–water partition coefficient (Wildman–Crippen LogP) is 2.79. The van der Waals surface area contributed by atoms with E-state index in [4.69, 9.17) is 0 Å². The minimum atomic E-state index is -4.25. The molecule has 2 N–H and O–H groups in total. The molecule has 2 rings (SSSR count). The van der Waals surface area contributed by atoms with Crippen LogP contribution in [0.3, 0.4) is 0 Å². The van der Waals surface area contributed by atoms with Crippen LogP contribution in [-0.2, 0) is 12.7 Å². The molecule has 0 unspecified atom stereocenters. The molecule has 0 spiro atoms. The van der Waals surface area contributed by atoms with Gasteiger partial charge in [0.25, 0.3) is 0 Å². The third-order valence-electron chi connectivity index (χ3n) is 3.50. The van der Waals surface area contributed by atoms with Crippen molar-refractivity contribution in [1.82, 2.24) is 10.6 Å². The number of halogens is 3. The molecule has 5 heteroatoms. The molecule has 0 atom stereocenters. The summed E-state index contributed by atoms with van der Waals surface area (Å²) in [4.78, 5) is 0. The molecular formula is C14H19F3N2. The Kier molecular flexibility index (Phi) is 4.82. The lowest BCUT2D eigenvalue weighted by molar-refractivity contribution is -0.137. The van der Waals surface area contributed by atoms with Crippen LogP contribution in [0, 0.1) is 5.92 Å². The summed E-state index contributed by atoms with van der Waals surface area (Å²) in [5.41, 5.74) is 0.302. The van der Waals surface area contributed by atoms with E-state index in [9.17, 15) is 13.2 Å². The highest BCUT2D eigenvalue weighted by molar-refractivity contribution is 5.24. The normalized spacial score (nSPS) is 17.6. The van der Waals surface area contributed by atoms with E-state index in [0.717, 1.165) is 37.3 Å². The summed E-state index contributed by atoms with van der Waals surface area (Å²) in [6.07, 6.45) is -1.92. The van der Waals surface area contributed by atoms with E-state index >= 15 is 0 Å². The van der Waals surface area contributed by atoms with E-state index in [0.29, 0.717) is 12.5 Å². The van der Waals surface area contributed by atoms with Crippen LogP contribution < -0.4 is 10.6 Å². The average molecular weight is 272 g/mol. The molecule has 0 aliphatic carbocycles. The lowest BCUT2D eigenvalue weighted by Gasteiger charge is -2.22. The second kappa shape index (κ2) is 6.39. The zero-order chi connectivity index (χ0) is 13.7. The Labute approximate surface area is 111 Å². The zero-order valence-electron chi connectivity index (χ0n) is 10.8. The predicted molar refractivity (Wildman–Crippen MR) is 68.7 cm³/mol. The van der Waals surface area contributed by atoms with Crippen molar-refractivity contribution in [2.75, 3.05) is 19.6 Å². The Morgan fingerprint density at radius 1 is 1.11 bits per heavy atom. The molecule has 1 aliphatic rings. The van der Waals surface area contributed by atoms with E-state index in [2.05, 4.69) is 10.6 Å². The summed E-state index contributed by atoms with van der Waals surface area (Å²) in [6, 6.07) is 5.36. The molecule has 1 saturated heterocycles. The molecule has 2 nitrogen and oxygen atoms in total. The first-order chi connectivity index (χ1) is 9.05. The molecule has 106 valence electrons. The second-order valence-corrected chi connectivity index (χ2v) is 5.02. The van der Waals surface area contributed by atoms with Gasteiger partial charge in [-0.15, -0.1) is 0 Å². The number of hydrogen-bond acceptors (Lipinski definition) is 2. The molecule has 1 aromatic rings. The summed E-state index contributed by atoms with van der Waals surface area (Å²) in [7, 11) is 0. The van der Waals surface area contributed by atoms with Crippen molar-refractivity contribution in [3.63, 3.8) is 0 Å². The fourth-order valence-electron chi connectivity index (χ4n) is 2.32. The van der Waals surface area contributed by atoms with E-state index in [1.165, 1.54) is 25.0 Å². The Morgan fingerprint density at radius 3 is 2.32 bits per heavy atom. The largest absolute Gasteiger partial charge is 0.416 e. The third-order valence-corrected chi connectivity index (χ3v) is 3.50. The molecule has 1 fully saturated rings. The molecule has 0 aromatic heterocycles. The monoisotopic (exact) mass is 272 g/mol. The van der Waals surface area contributed by atoms with Crippen LogP contribution in [0.4, 0.5) is 13.2 Å². The molecule has 0 amide bonds. The summed E-state index contributed by atoms with van der Waals surface area (Å²) < 4.78 is 37.2. The Balaban J connectivity index is 1.76. The van der Waals surface area contributed by atoms with Gasteiger partial charge < -0.3 is 10.6 Å². The van der Waals surface area contributed by atoms with Gasteiger partial charge in [0.2, 0.25) is 0 Å². The topological polar surface area (TPSA) is 24.1 Å². The minimum absolute atomic E-state index is 0.588. The van der Waals surface area contributed by atoms with E-state index in [-0.39, 0.29) is 0 Å². The van der Waals surface area contributed by atoms with Crippen LogP contribution >= 0.6 is 0 Å². The van der Waals surface area contributed by atoms with Crippen molar-refractivity contribution in [1.29, 1.82) is 0 Å². The van der Waals surface area contributed by atoms with Crippen LogP contribution in [0.15, 0.2) is 24.3 Å². The molecule has 1 aliphatic heterocycles. The van der Waals surface area contributed by atoms with Crippen LogP contribution in [-0.4, -0.2) is 19.6 Å². The molecule has 1 aromatic carbocycles. The quantitative estimate of drug-likeness (QED) is 0.880. The van der Waals surface area contributed by atoms with Crippen molar-refractivity contribution in [3.05, 3.63) is 35.4 Å². The summed E-state index contributed by atoms with van der Waals surface area (Å²) >= 11 is 0. The van der Waals surface area contributed by atoms with Crippen molar-refractivity contribution >= 4 is 0 Å². The molecule has 0 radical (unpaired) electrons. The third kappa shape index (κ3) is 4.51. The SMILES string of the molecule is FC(F)(F)c1ccc(CNCC2CCNCC2)cc1. The first-order valence-electron chi connectivity index (χ1n) is 6.63. The van der Waals surface area contributed by atoms with Gasteiger partial charge in [-0.1, -0.05) is 12.1 Å². The Morgan fingerprint density at radius 2 is 1.74 bits per heavy atom. The number of nitrogens with one attached hydrogen (secondary N) is 2. The van der Waals surface area contributed by atoms with Gasteiger partial charge in [0.05, 0.1) is 5.56 Å². The van der Waals surface area contributed by atoms with Crippen LogP contribution in [0.1, 0.15) is 24.0 Å². The first kappa shape index (κ1) is 14.3. The number of benzene rings is 1. The standard InChI is InChI=1S/C14H19F3N2/c15-14(16,17)13-3-1-11(2-4-13)9-19-10-12-5-7-18-8-6-12/h1-4,12,18-19H,5-10H2. The van der Waals surface area contributed by atoms with Crippen molar-refractivity contribution in [3.8, 4) is 0 Å². The van der Waals surface area contributed by atoms with Crippen molar-refractivity contribution < 1.29 is 13.2 Å². The van der Waals surface area contributed by atoms with Gasteiger partial charge in [-0.05, 0) is 56.1 Å². The maximum Gasteiger partial charge on any atom is 0.416 e. The Bertz CT molecular complexity index is 381. The van der Waals surface area contributed by atoms with Crippen LogP contribution in [0.2, 0.25) is 0 Å². The van der Waals surface area contributed by atoms with Gasteiger partial charge in [-0.3, -0.25) is 0 Å². The van der Waals surface area contributed by atoms with Gasteiger partial charge in [-0.25, -0.2) is 0 Å². The number of piperidine rings is 1. The Hall–Kier alpha value is -1.07. The van der Waals surface area contributed by atoms with E-state index in [1.54, 1.807) is 0 Å². The maximum absolute atomic E-state index is 12.4. The van der Waals surface area contributed by atoms with Crippen LogP contribution in [0.5, 0.6) is 0 Å². The molecule has 19 heavy (non-hydrogen) atoms. The minimum Gasteiger partial charge on any atom is -0.317 e. The fraction of sp³-hybridized carbons (Fsp3) is 0.571. The fourth-order valence-corrected chi connectivity index (χ4v) is 2.32. The highest BCUT2D eigenvalue weighted by Crippen LogP contribution is 2.29. The molecule has 1 heterocycles. The molecule has 0 saturated carbocycles. The van der Waals surface area contributed by atoms with E-state index in [1.807, 2.05) is 0 Å². The zero-order valence-corrected chi connectivity index (χ0v) is 10.8. The highest BCUT2D eigenvalue weighted by atomic mass is 19.4. The lowest BCUT2D eigenvalue weighted by Crippen LogP contribution is -2.33. The smallest absolute Gasteiger partial charge is 0.317 e. The molecule has 0 bridgehead atoms. The summed E-state index contributed by atoms with van der Waals surface area (Å²) in [5.74, 6) is 0.677. The maximum atomic E-state index is 12.4. The lowest BCUT2D eigenvalue weighted by atomic mass is 9.98. The van der Waals surface area contributed by atoms with Crippen LogP contribution in [0.25, 0.3) is 0 Å². The second-order valence-electron chi connectivity index (χ2n) is 5.02. The van der Waals surface area contributed by atoms with Gasteiger partial charge in [0, 0.05) is 6.54 Å². The van der Waals surface area contributed by atoms with Gasteiger partial charge in [-0.2, -0.15) is 13.2 Å². The number of rotatable bonds is 4. The van der Waals surface area contributed by atoms with Crippen molar-refractivity contribution in [2.24, 2.45) is 5.92 Å².